The first-order valence-electron chi connectivity index (χ1n) is 9.57. The number of piperidine rings is 3. The van der Waals surface area contributed by atoms with Crippen LogP contribution in [0.1, 0.15) is 22.6 Å². The van der Waals surface area contributed by atoms with Crippen molar-refractivity contribution in [1.29, 1.82) is 0 Å². The Bertz CT molecular complexity index is 764. The number of fused-ring (bicyclic) bond motifs is 3. The number of quaternary nitrogens is 1. The van der Waals surface area contributed by atoms with Crippen LogP contribution in [-0.2, 0) is 19.9 Å². The summed E-state index contributed by atoms with van der Waals surface area (Å²) in [5.74, 6) is -0.128. The van der Waals surface area contributed by atoms with E-state index in [4.69, 9.17) is 9.47 Å². The highest BCUT2D eigenvalue weighted by Crippen LogP contribution is 2.40. The predicted octanol–water partition coefficient (Wildman–Crippen LogP) is -0.399. The molecule has 2 aromatic heterocycles. The van der Waals surface area contributed by atoms with Crippen LogP contribution in [0.4, 0.5) is 0 Å². The summed E-state index contributed by atoms with van der Waals surface area (Å²) in [6.45, 7) is 5.05. The van der Waals surface area contributed by atoms with Gasteiger partial charge in [-0.1, -0.05) is 12.1 Å². The van der Waals surface area contributed by atoms with E-state index in [1.807, 2.05) is 22.9 Å². The van der Waals surface area contributed by atoms with Crippen LogP contribution in [0.25, 0.3) is 0 Å². The number of aliphatic hydroxyl groups is 1. The van der Waals surface area contributed by atoms with Crippen molar-refractivity contribution in [2.45, 2.75) is 30.7 Å². The molecule has 0 aromatic carbocycles. The van der Waals surface area contributed by atoms with Gasteiger partial charge in [-0.15, -0.1) is 22.7 Å². The zero-order valence-electron chi connectivity index (χ0n) is 15.5. The van der Waals surface area contributed by atoms with Gasteiger partial charge in [0, 0.05) is 18.8 Å². The first-order valence-corrected chi connectivity index (χ1v) is 11.3. The Morgan fingerprint density at radius 2 is 1.82 bits per heavy atom. The topological polar surface area (TPSA) is 59.1 Å². The molecule has 2 aromatic rings. The average molecular weight is 486 g/mol. The summed E-state index contributed by atoms with van der Waals surface area (Å²) in [6, 6.07) is 7.33. The smallest absolute Gasteiger partial charge is 0.349 e. The second-order valence-electron chi connectivity index (χ2n) is 8.06. The number of nitrogens with zero attached hydrogens (tertiary/aromatic N) is 1. The third kappa shape index (κ3) is 3.59. The summed E-state index contributed by atoms with van der Waals surface area (Å²) in [5, 5.41) is 15.2. The van der Waals surface area contributed by atoms with E-state index in [2.05, 4.69) is 0 Å². The van der Waals surface area contributed by atoms with Gasteiger partial charge in [0.05, 0.1) is 29.5 Å². The molecule has 6 heterocycles. The first kappa shape index (κ1) is 20.5. The molecule has 4 saturated heterocycles. The maximum absolute atomic E-state index is 13.3. The summed E-state index contributed by atoms with van der Waals surface area (Å²) < 4.78 is 12.5. The molecule has 4 fully saturated rings. The number of thiophene rings is 2. The van der Waals surface area contributed by atoms with E-state index in [-0.39, 0.29) is 23.1 Å². The molecule has 1 unspecified atom stereocenters. The van der Waals surface area contributed by atoms with Crippen LogP contribution in [-0.4, -0.2) is 60.6 Å². The third-order valence-corrected chi connectivity index (χ3v) is 8.30. The van der Waals surface area contributed by atoms with E-state index in [0.29, 0.717) is 21.8 Å². The second-order valence-corrected chi connectivity index (χ2v) is 9.95. The number of carbonyl (C=O) groups is 1. The quantitative estimate of drug-likeness (QED) is 0.343. The number of rotatable bonds is 6. The summed E-state index contributed by atoms with van der Waals surface area (Å²) >= 11 is 2.77. The number of carbonyl (C=O) groups excluding carboxylic acids is 1. The molecule has 6 rings (SSSR count). The van der Waals surface area contributed by atoms with Gasteiger partial charge in [-0.2, -0.15) is 0 Å². The van der Waals surface area contributed by atoms with Gasteiger partial charge < -0.3 is 36.0 Å². The summed E-state index contributed by atoms with van der Waals surface area (Å²) in [6.07, 6.45) is 2.43. The molecule has 0 radical (unpaired) electrons. The van der Waals surface area contributed by atoms with Gasteiger partial charge >= 0.3 is 5.97 Å². The standard InChI is InChI=1S/C20H24NO4S2.BrH/c22-19(20(23,17-3-1-9-26-17)18-4-2-10-27-18)25-16-12-21(11-15-13-24-15)7-5-14(16)6-8-21;/h1-4,9-10,14-16,23H,5-8,11-13H2;1H/q+1;/p-1/t14?,15?,16-,21?;/m0./s1. The van der Waals surface area contributed by atoms with E-state index in [9.17, 15) is 9.90 Å². The molecular weight excluding hydrogens is 462 g/mol. The molecule has 152 valence electrons. The van der Waals surface area contributed by atoms with Crippen LogP contribution in [0.3, 0.4) is 0 Å². The Labute approximate surface area is 183 Å². The lowest BCUT2D eigenvalue weighted by molar-refractivity contribution is -0.946. The molecule has 0 amide bonds. The lowest BCUT2D eigenvalue weighted by Crippen LogP contribution is -3.00. The monoisotopic (exact) mass is 485 g/mol. The SMILES string of the molecule is O=C(O[C@H]1C[N+]2(CC3CO3)CCC1CC2)C(O)(c1cccs1)c1cccs1.[Br-]. The Morgan fingerprint density at radius 1 is 1.21 bits per heavy atom. The normalized spacial score (nSPS) is 31.2. The van der Waals surface area contributed by atoms with E-state index in [1.165, 1.54) is 22.7 Å². The molecule has 0 spiro atoms. The van der Waals surface area contributed by atoms with E-state index >= 15 is 0 Å². The van der Waals surface area contributed by atoms with E-state index in [0.717, 1.165) is 50.1 Å². The van der Waals surface area contributed by atoms with E-state index < -0.39 is 11.6 Å². The summed E-state index contributed by atoms with van der Waals surface area (Å²) in [5.41, 5.74) is -1.71. The Morgan fingerprint density at radius 3 is 2.32 bits per heavy atom. The fourth-order valence-corrected chi connectivity index (χ4v) is 6.44. The van der Waals surface area contributed by atoms with Crippen LogP contribution in [0, 0.1) is 5.92 Å². The van der Waals surface area contributed by atoms with Crippen LogP contribution in [0.2, 0.25) is 0 Å². The average Bonchev–Trinajstić information content (AvgIpc) is 3.16. The summed E-state index contributed by atoms with van der Waals surface area (Å²) in [7, 11) is 0. The molecule has 1 N–H and O–H groups in total. The molecule has 2 bridgehead atoms. The number of hydrogen-bond donors (Lipinski definition) is 1. The van der Waals surface area contributed by atoms with Crippen molar-refractivity contribution in [1.82, 2.24) is 0 Å². The lowest BCUT2D eigenvalue weighted by Gasteiger charge is -2.52. The molecule has 0 aliphatic carbocycles. The maximum Gasteiger partial charge on any atom is 0.349 e. The zero-order chi connectivity index (χ0) is 18.5. The van der Waals surface area contributed by atoms with Gasteiger partial charge in [0.15, 0.2) is 6.10 Å². The highest BCUT2D eigenvalue weighted by molar-refractivity contribution is 7.12. The van der Waals surface area contributed by atoms with E-state index in [1.54, 1.807) is 12.1 Å². The van der Waals surface area contributed by atoms with Crippen molar-refractivity contribution in [2.75, 3.05) is 32.8 Å². The molecule has 4 aliphatic heterocycles. The largest absolute Gasteiger partial charge is 1.00 e. The molecule has 28 heavy (non-hydrogen) atoms. The Kier molecular flexibility index (Phi) is 5.72. The summed E-state index contributed by atoms with van der Waals surface area (Å²) in [4.78, 5) is 14.5. The van der Waals surface area contributed by atoms with Crippen molar-refractivity contribution in [3.05, 3.63) is 44.8 Å². The number of halogens is 1. The van der Waals surface area contributed by atoms with Crippen molar-refractivity contribution >= 4 is 28.6 Å². The fraction of sp³-hybridized carbons (Fsp3) is 0.550. The number of esters is 1. The second kappa shape index (κ2) is 7.81. The van der Waals surface area contributed by atoms with Gasteiger partial charge in [0.1, 0.15) is 19.2 Å². The lowest BCUT2D eigenvalue weighted by atomic mass is 9.83. The predicted molar refractivity (Wildman–Crippen MR) is 104 cm³/mol. The molecule has 4 aliphatic rings. The number of ether oxygens (including phenoxy) is 2. The number of hydrogen-bond acceptors (Lipinski definition) is 6. The van der Waals surface area contributed by atoms with Gasteiger partial charge in [-0.3, -0.25) is 0 Å². The van der Waals surface area contributed by atoms with Gasteiger partial charge in [-0.25, -0.2) is 4.79 Å². The highest BCUT2D eigenvalue weighted by Gasteiger charge is 2.52. The van der Waals surface area contributed by atoms with Crippen LogP contribution < -0.4 is 17.0 Å². The Balaban J connectivity index is 0.00000192. The van der Waals surface area contributed by atoms with Crippen molar-refractivity contribution in [3.8, 4) is 0 Å². The maximum atomic E-state index is 13.3. The minimum Gasteiger partial charge on any atom is -1.00 e. The number of epoxide rings is 1. The van der Waals surface area contributed by atoms with Crippen molar-refractivity contribution < 1.29 is 40.8 Å². The minimum atomic E-state index is -1.71. The highest BCUT2D eigenvalue weighted by atomic mass is 79.9. The van der Waals surface area contributed by atoms with Crippen molar-refractivity contribution in [3.63, 3.8) is 0 Å². The first-order chi connectivity index (χ1) is 13.1. The van der Waals surface area contributed by atoms with Crippen LogP contribution in [0.15, 0.2) is 35.0 Å². The van der Waals surface area contributed by atoms with Gasteiger partial charge in [-0.05, 0) is 22.9 Å². The third-order valence-electron chi connectivity index (χ3n) is 6.34. The molecule has 2 atom stereocenters. The van der Waals surface area contributed by atoms with Crippen LogP contribution in [0.5, 0.6) is 0 Å². The zero-order valence-corrected chi connectivity index (χ0v) is 18.7. The van der Waals surface area contributed by atoms with Gasteiger partial charge in [0.25, 0.3) is 0 Å². The van der Waals surface area contributed by atoms with Crippen LogP contribution >= 0.6 is 22.7 Å². The molecule has 8 heteroatoms. The Hall–Kier alpha value is -0.770. The fourth-order valence-electron chi connectivity index (χ4n) is 4.73. The molecule has 0 saturated carbocycles. The van der Waals surface area contributed by atoms with Gasteiger partial charge in [0.2, 0.25) is 5.60 Å². The molecule has 5 nitrogen and oxygen atoms in total. The minimum absolute atomic E-state index is 0. The molecular formula is C20H24BrNO4S2. The van der Waals surface area contributed by atoms with Crippen molar-refractivity contribution in [2.24, 2.45) is 5.92 Å².